The lowest BCUT2D eigenvalue weighted by Gasteiger charge is -2.25. The predicted octanol–water partition coefficient (Wildman–Crippen LogP) is 2.11. The number of carbonyl (C=O) groups is 1. The highest BCUT2D eigenvalue weighted by Crippen LogP contribution is 2.09. The lowest BCUT2D eigenvalue weighted by Crippen LogP contribution is -2.35. The fourth-order valence-electron chi connectivity index (χ4n) is 2.17. The quantitative estimate of drug-likeness (QED) is 0.665. The summed E-state index contributed by atoms with van der Waals surface area (Å²) >= 11 is 0. The van der Waals surface area contributed by atoms with E-state index in [0.717, 1.165) is 31.8 Å². The summed E-state index contributed by atoms with van der Waals surface area (Å²) in [7, 11) is 0. The third kappa shape index (κ3) is 4.25. The van der Waals surface area contributed by atoms with E-state index in [9.17, 15) is 13.6 Å². The Bertz CT molecular complexity index is 462. The Morgan fingerprint density at radius 1 is 1.20 bits per heavy atom. The van der Waals surface area contributed by atoms with Crippen molar-refractivity contribution in [1.82, 2.24) is 10.4 Å². The van der Waals surface area contributed by atoms with Gasteiger partial charge in [-0.05, 0) is 44.1 Å². The Hall–Kier alpha value is -1.53. The van der Waals surface area contributed by atoms with E-state index < -0.39 is 17.5 Å². The zero-order valence-electron chi connectivity index (χ0n) is 11.2. The Kier molecular flexibility index (Phi) is 5.43. The van der Waals surface area contributed by atoms with Crippen LogP contribution >= 0.6 is 0 Å². The first kappa shape index (κ1) is 14.9. The van der Waals surface area contributed by atoms with Gasteiger partial charge in [-0.3, -0.25) is 9.63 Å². The van der Waals surface area contributed by atoms with Crippen molar-refractivity contribution >= 4 is 5.91 Å². The summed E-state index contributed by atoms with van der Waals surface area (Å²) in [6.45, 7) is 3.23. The molecule has 4 nitrogen and oxygen atoms in total. The minimum absolute atomic E-state index is 0.0295. The second kappa shape index (κ2) is 7.31. The van der Waals surface area contributed by atoms with Crippen LogP contribution in [0.5, 0.6) is 0 Å². The van der Waals surface area contributed by atoms with E-state index >= 15 is 0 Å². The second-order valence-electron chi connectivity index (χ2n) is 4.81. The maximum atomic E-state index is 13.0. The van der Waals surface area contributed by atoms with Crippen molar-refractivity contribution in [3.05, 3.63) is 35.4 Å². The summed E-state index contributed by atoms with van der Waals surface area (Å²) in [5.41, 5.74) is 2.26. The zero-order chi connectivity index (χ0) is 14.4. The Morgan fingerprint density at radius 2 is 1.95 bits per heavy atom. The molecular weight excluding hydrogens is 266 g/mol. The molecule has 2 rings (SSSR count). The number of benzene rings is 1. The van der Waals surface area contributed by atoms with Crippen LogP contribution in [0, 0.1) is 11.6 Å². The van der Waals surface area contributed by atoms with Crippen LogP contribution in [0.1, 0.15) is 29.6 Å². The number of nitrogens with zero attached hydrogens (tertiary/aromatic N) is 1. The topological polar surface area (TPSA) is 41.6 Å². The lowest BCUT2D eigenvalue weighted by molar-refractivity contribution is 0.0206. The van der Waals surface area contributed by atoms with Crippen LogP contribution in [0.2, 0.25) is 0 Å². The molecule has 0 radical (unpaired) electrons. The van der Waals surface area contributed by atoms with E-state index in [1.807, 2.05) is 0 Å². The molecule has 0 unspecified atom stereocenters. The van der Waals surface area contributed by atoms with Gasteiger partial charge in [0.05, 0.1) is 6.61 Å². The molecule has 1 aliphatic rings. The average molecular weight is 284 g/mol. The van der Waals surface area contributed by atoms with Crippen LogP contribution < -0.4 is 5.48 Å². The molecule has 0 aromatic heterocycles. The SMILES string of the molecule is O=C(NOCCN1CCCCC1)c1ccc(F)c(F)c1. The van der Waals surface area contributed by atoms with Crippen LogP contribution in [0.4, 0.5) is 8.78 Å². The van der Waals surface area contributed by atoms with E-state index in [1.165, 1.54) is 25.3 Å². The maximum absolute atomic E-state index is 13.0. The van der Waals surface area contributed by atoms with Crippen molar-refractivity contribution in [1.29, 1.82) is 0 Å². The summed E-state index contributed by atoms with van der Waals surface area (Å²) in [6.07, 6.45) is 3.66. The number of rotatable bonds is 5. The van der Waals surface area contributed by atoms with Crippen molar-refractivity contribution in [3.8, 4) is 0 Å². The van der Waals surface area contributed by atoms with Crippen molar-refractivity contribution in [2.45, 2.75) is 19.3 Å². The number of hydrogen-bond acceptors (Lipinski definition) is 3. The maximum Gasteiger partial charge on any atom is 0.274 e. The van der Waals surface area contributed by atoms with Crippen molar-refractivity contribution in [2.75, 3.05) is 26.2 Å². The molecule has 0 atom stereocenters. The van der Waals surface area contributed by atoms with E-state index in [1.54, 1.807) is 0 Å². The highest BCUT2D eigenvalue weighted by molar-refractivity contribution is 5.93. The lowest BCUT2D eigenvalue weighted by atomic mass is 10.1. The van der Waals surface area contributed by atoms with Gasteiger partial charge in [-0.15, -0.1) is 0 Å². The molecule has 1 saturated heterocycles. The molecule has 0 aliphatic carbocycles. The van der Waals surface area contributed by atoms with Crippen molar-refractivity contribution in [2.24, 2.45) is 0 Å². The first-order chi connectivity index (χ1) is 9.66. The van der Waals surface area contributed by atoms with E-state index in [-0.39, 0.29) is 5.56 Å². The molecule has 1 aliphatic heterocycles. The van der Waals surface area contributed by atoms with Crippen LogP contribution in [0.25, 0.3) is 0 Å². The zero-order valence-corrected chi connectivity index (χ0v) is 11.2. The third-order valence-electron chi connectivity index (χ3n) is 3.30. The molecule has 6 heteroatoms. The van der Waals surface area contributed by atoms with Gasteiger partial charge in [-0.25, -0.2) is 14.3 Å². The van der Waals surface area contributed by atoms with E-state index in [4.69, 9.17) is 4.84 Å². The molecule has 1 heterocycles. The molecule has 20 heavy (non-hydrogen) atoms. The molecule has 1 N–H and O–H groups in total. The largest absolute Gasteiger partial charge is 0.301 e. The van der Waals surface area contributed by atoms with E-state index in [0.29, 0.717) is 6.61 Å². The molecule has 0 spiro atoms. The smallest absolute Gasteiger partial charge is 0.274 e. The van der Waals surface area contributed by atoms with Gasteiger partial charge in [0.25, 0.3) is 5.91 Å². The van der Waals surface area contributed by atoms with Gasteiger partial charge in [0, 0.05) is 12.1 Å². The van der Waals surface area contributed by atoms with Gasteiger partial charge in [-0.1, -0.05) is 6.42 Å². The fourth-order valence-corrected chi connectivity index (χ4v) is 2.17. The monoisotopic (exact) mass is 284 g/mol. The van der Waals surface area contributed by atoms with Crippen molar-refractivity contribution < 1.29 is 18.4 Å². The molecule has 0 bridgehead atoms. The Morgan fingerprint density at radius 3 is 2.65 bits per heavy atom. The number of amides is 1. The highest BCUT2D eigenvalue weighted by Gasteiger charge is 2.11. The Balaban J connectivity index is 1.70. The standard InChI is InChI=1S/C14H18F2N2O2/c15-12-5-4-11(10-13(12)16)14(19)17-20-9-8-18-6-2-1-3-7-18/h4-5,10H,1-3,6-9H2,(H,17,19). The number of hydrogen-bond donors (Lipinski definition) is 1. The van der Waals surface area contributed by atoms with Gasteiger partial charge >= 0.3 is 0 Å². The molecule has 1 fully saturated rings. The van der Waals surface area contributed by atoms with Crippen LogP contribution in [0.15, 0.2) is 18.2 Å². The number of hydroxylamine groups is 1. The number of nitrogens with one attached hydrogen (secondary N) is 1. The van der Waals surface area contributed by atoms with Gasteiger partial charge in [0.15, 0.2) is 11.6 Å². The summed E-state index contributed by atoms with van der Waals surface area (Å²) in [6, 6.07) is 2.97. The molecule has 1 amide bonds. The predicted molar refractivity (Wildman–Crippen MR) is 70.1 cm³/mol. The number of piperidine rings is 1. The minimum Gasteiger partial charge on any atom is -0.301 e. The normalized spacial score (nSPS) is 16.1. The third-order valence-corrected chi connectivity index (χ3v) is 3.30. The van der Waals surface area contributed by atoms with Gasteiger partial charge in [0.2, 0.25) is 0 Å². The van der Waals surface area contributed by atoms with Crippen LogP contribution in [-0.2, 0) is 4.84 Å². The van der Waals surface area contributed by atoms with Gasteiger partial charge < -0.3 is 4.90 Å². The molecule has 1 aromatic carbocycles. The second-order valence-corrected chi connectivity index (χ2v) is 4.81. The first-order valence-corrected chi connectivity index (χ1v) is 6.76. The van der Waals surface area contributed by atoms with Crippen molar-refractivity contribution in [3.63, 3.8) is 0 Å². The number of halogens is 2. The summed E-state index contributed by atoms with van der Waals surface area (Å²) in [4.78, 5) is 19.0. The van der Waals surface area contributed by atoms with Gasteiger partial charge in [0.1, 0.15) is 0 Å². The minimum atomic E-state index is -1.05. The molecular formula is C14H18F2N2O2. The van der Waals surface area contributed by atoms with Crippen LogP contribution in [0.3, 0.4) is 0 Å². The fraction of sp³-hybridized carbons (Fsp3) is 0.500. The summed E-state index contributed by atoms with van der Waals surface area (Å²) < 4.78 is 25.7. The molecule has 0 saturated carbocycles. The summed E-state index contributed by atoms with van der Waals surface area (Å²) in [5, 5.41) is 0. The highest BCUT2D eigenvalue weighted by atomic mass is 19.2. The number of carbonyl (C=O) groups excluding carboxylic acids is 1. The first-order valence-electron chi connectivity index (χ1n) is 6.76. The Labute approximate surface area is 116 Å². The average Bonchev–Trinajstić information content (AvgIpc) is 2.47. The number of likely N-dealkylation sites (tertiary alicyclic amines) is 1. The molecule has 1 aromatic rings. The van der Waals surface area contributed by atoms with Crippen LogP contribution in [-0.4, -0.2) is 37.0 Å². The molecule has 110 valence electrons. The van der Waals surface area contributed by atoms with E-state index in [2.05, 4.69) is 10.4 Å². The van der Waals surface area contributed by atoms with Gasteiger partial charge in [-0.2, -0.15) is 0 Å². The summed E-state index contributed by atoms with van der Waals surface area (Å²) in [5.74, 6) is -2.61.